The Morgan fingerprint density at radius 2 is 2.33 bits per heavy atom. The van der Waals surface area contributed by atoms with E-state index < -0.39 is 0 Å². The van der Waals surface area contributed by atoms with Gasteiger partial charge in [-0.15, -0.1) is 0 Å². The zero-order valence-electron chi connectivity index (χ0n) is 9.14. The fourth-order valence-electron chi connectivity index (χ4n) is 1.72. The van der Waals surface area contributed by atoms with Crippen molar-refractivity contribution in [3.8, 4) is 0 Å². The highest BCUT2D eigenvalue weighted by atomic mass is 15.3. The van der Waals surface area contributed by atoms with Gasteiger partial charge in [0.05, 0.1) is 0 Å². The van der Waals surface area contributed by atoms with Crippen LogP contribution < -0.4 is 16.2 Å². The van der Waals surface area contributed by atoms with E-state index in [-0.39, 0.29) is 0 Å². The lowest BCUT2D eigenvalue weighted by molar-refractivity contribution is 0.603. The minimum Gasteiger partial charge on any atom is -0.357 e. The third kappa shape index (κ3) is 2.18. The number of nitrogens with one attached hydrogen (secondary N) is 1. The van der Waals surface area contributed by atoms with Crippen LogP contribution >= 0.6 is 0 Å². The van der Waals surface area contributed by atoms with Gasteiger partial charge in [-0.3, -0.25) is 5.43 Å². The van der Waals surface area contributed by atoms with Gasteiger partial charge in [0.15, 0.2) is 0 Å². The molecular weight excluding hydrogens is 190 g/mol. The molecule has 0 saturated heterocycles. The molecule has 1 fully saturated rings. The lowest BCUT2D eigenvalue weighted by Crippen LogP contribution is -2.31. The van der Waals surface area contributed by atoms with Crippen molar-refractivity contribution < 1.29 is 0 Å². The summed E-state index contributed by atoms with van der Waals surface area (Å²) in [5.41, 5.74) is 2.46. The van der Waals surface area contributed by atoms with Gasteiger partial charge in [-0.2, -0.15) is 4.98 Å². The van der Waals surface area contributed by atoms with Crippen LogP contribution in [-0.2, 0) is 0 Å². The van der Waals surface area contributed by atoms with Crippen molar-refractivity contribution in [1.82, 2.24) is 9.97 Å². The monoisotopic (exact) mass is 207 g/mol. The van der Waals surface area contributed by atoms with Gasteiger partial charge in [0.25, 0.3) is 0 Å². The highest BCUT2D eigenvalue weighted by molar-refractivity contribution is 5.42. The zero-order chi connectivity index (χ0) is 10.8. The fraction of sp³-hybridized carbons (Fsp3) is 0.600. The second-order valence-electron chi connectivity index (χ2n) is 4.07. The maximum absolute atomic E-state index is 5.27. The molecule has 1 saturated carbocycles. The van der Waals surface area contributed by atoms with Gasteiger partial charge in [0.1, 0.15) is 5.82 Å². The number of nitrogen functional groups attached to an aromatic ring is 1. The number of rotatable bonds is 4. The first-order valence-corrected chi connectivity index (χ1v) is 5.25. The number of nitrogens with two attached hydrogens (primary N) is 1. The maximum Gasteiger partial charge on any atom is 0.239 e. The standard InChI is InChI=1S/C10H17N5/c1-7(8-3-4-8)15(2)9-5-6-12-10(13-9)14-11/h5-8H,3-4,11H2,1-2H3,(H,12,13,14). The Kier molecular flexibility index (Phi) is 2.73. The molecule has 0 aliphatic heterocycles. The van der Waals surface area contributed by atoms with E-state index in [2.05, 4.69) is 34.3 Å². The molecule has 0 radical (unpaired) electrons. The molecule has 82 valence electrons. The summed E-state index contributed by atoms with van der Waals surface area (Å²) in [5, 5.41) is 0. The third-order valence-electron chi connectivity index (χ3n) is 3.05. The molecule has 2 rings (SSSR count). The number of hydrazine groups is 1. The van der Waals surface area contributed by atoms with E-state index >= 15 is 0 Å². The average molecular weight is 207 g/mol. The van der Waals surface area contributed by atoms with E-state index in [9.17, 15) is 0 Å². The fourth-order valence-corrected chi connectivity index (χ4v) is 1.72. The van der Waals surface area contributed by atoms with Crippen LogP contribution in [0.25, 0.3) is 0 Å². The molecule has 15 heavy (non-hydrogen) atoms. The van der Waals surface area contributed by atoms with Crippen molar-refractivity contribution in [2.75, 3.05) is 17.4 Å². The van der Waals surface area contributed by atoms with Crippen molar-refractivity contribution in [2.45, 2.75) is 25.8 Å². The first kappa shape index (κ1) is 10.2. The molecule has 0 bridgehead atoms. The van der Waals surface area contributed by atoms with Gasteiger partial charge in [-0.1, -0.05) is 0 Å². The first-order chi connectivity index (χ1) is 7.22. The highest BCUT2D eigenvalue weighted by Gasteiger charge is 2.31. The molecule has 0 aromatic carbocycles. The van der Waals surface area contributed by atoms with Gasteiger partial charge in [-0.05, 0) is 31.7 Å². The van der Waals surface area contributed by atoms with E-state index in [1.807, 2.05) is 6.07 Å². The van der Waals surface area contributed by atoms with Crippen molar-refractivity contribution in [1.29, 1.82) is 0 Å². The molecule has 1 aliphatic carbocycles. The lowest BCUT2D eigenvalue weighted by atomic mass is 10.2. The van der Waals surface area contributed by atoms with Crippen LogP contribution in [0.3, 0.4) is 0 Å². The maximum atomic E-state index is 5.27. The van der Waals surface area contributed by atoms with E-state index in [1.54, 1.807) is 6.20 Å². The lowest BCUT2D eigenvalue weighted by Gasteiger charge is -2.25. The number of hydrogen-bond acceptors (Lipinski definition) is 5. The molecule has 1 unspecified atom stereocenters. The second kappa shape index (κ2) is 4.02. The Labute approximate surface area is 89.7 Å². The molecule has 0 spiro atoms. The molecule has 1 aromatic heterocycles. The van der Waals surface area contributed by atoms with Crippen LogP contribution in [0.2, 0.25) is 0 Å². The van der Waals surface area contributed by atoms with E-state index in [1.165, 1.54) is 12.8 Å². The minimum absolute atomic E-state index is 0.461. The summed E-state index contributed by atoms with van der Waals surface area (Å²) >= 11 is 0. The largest absolute Gasteiger partial charge is 0.357 e. The Hall–Kier alpha value is -1.36. The van der Waals surface area contributed by atoms with Crippen LogP contribution in [0.4, 0.5) is 11.8 Å². The van der Waals surface area contributed by atoms with Crippen LogP contribution in [-0.4, -0.2) is 23.1 Å². The topological polar surface area (TPSA) is 67.1 Å². The molecule has 3 N–H and O–H groups in total. The van der Waals surface area contributed by atoms with Gasteiger partial charge in [-0.25, -0.2) is 10.8 Å². The van der Waals surface area contributed by atoms with Crippen molar-refractivity contribution in [3.63, 3.8) is 0 Å². The smallest absolute Gasteiger partial charge is 0.239 e. The summed E-state index contributed by atoms with van der Waals surface area (Å²) in [6, 6.07) is 2.44. The van der Waals surface area contributed by atoms with Gasteiger partial charge >= 0.3 is 0 Å². The summed E-state index contributed by atoms with van der Waals surface area (Å²) in [4.78, 5) is 10.5. The molecule has 1 heterocycles. The third-order valence-corrected chi connectivity index (χ3v) is 3.05. The predicted octanol–water partition coefficient (Wildman–Crippen LogP) is 0.997. The molecule has 5 nitrogen and oxygen atoms in total. The molecule has 0 amide bonds. The Morgan fingerprint density at radius 1 is 1.60 bits per heavy atom. The average Bonchev–Trinajstić information content (AvgIpc) is 3.11. The predicted molar refractivity (Wildman–Crippen MR) is 60.4 cm³/mol. The summed E-state index contributed by atoms with van der Waals surface area (Å²) in [6.45, 7) is 2.23. The molecule has 1 aromatic rings. The first-order valence-electron chi connectivity index (χ1n) is 5.25. The molecular formula is C10H17N5. The van der Waals surface area contributed by atoms with Crippen LogP contribution in [0, 0.1) is 5.92 Å². The van der Waals surface area contributed by atoms with Crippen LogP contribution in [0.15, 0.2) is 12.3 Å². The van der Waals surface area contributed by atoms with Crippen molar-refractivity contribution in [2.24, 2.45) is 11.8 Å². The normalized spacial score (nSPS) is 17.3. The molecule has 1 aliphatic rings. The zero-order valence-corrected chi connectivity index (χ0v) is 9.14. The number of nitrogens with zero attached hydrogens (tertiary/aromatic N) is 3. The summed E-state index contributed by atoms with van der Waals surface area (Å²) in [5.74, 6) is 7.47. The van der Waals surface area contributed by atoms with E-state index in [0.717, 1.165) is 11.7 Å². The number of aromatic nitrogens is 2. The minimum atomic E-state index is 0.461. The Balaban J connectivity index is 2.12. The summed E-state index contributed by atoms with van der Waals surface area (Å²) < 4.78 is 0. The quantitative estimate of drug-likeness (QED) is 0.569. The summed E-state index contributed by atoms with van der Waals surface area (Å²) in [7, 11) is 2.06. The highest BCUT2D eigenvalue weighted by Crippen LogP contribution is 2.35. The van der Waals surface area contributed by atoms with Crippen LogP contribution in [0.5, 0.6) is 0 Å². The number of hydrogen-bond donors (Lipinski definition) is 2. The van der Waals surface area contributed by atoms with Gasteiger partial charge in [0, 0.05) is 19.3 Å². The molecule has 1 atom stereocenters. The second-order valence-corrected chi connectivity index (χ2v) is 4.07. The van der Waals surface area contributed by atoms with E-state index in [0.29, 0.717) is 12.0 Å². The Bertz CT molecular complexity index is 336. The van der Waals surface area contributed by atoms with Gasteiger partial charge < -0.3 is 4.90 Å². The number of anilines is 2. The van der Waals surface area contributed by atoms with Crippen molar-refractivity contribution >= 4 is 11.8 Å². The van der Waals surface area contributed by atoms with E-state index in [4.69, 9.17) is 5.84 Å². The van der Waals surface area contributed by atoms with Gasteiger partial charge in [0.2, 0.25) is 5.95 Å². The summed E-state index contributed by atoms with van der Waals surface area (Å²) in [6.07, 6.45) is 4.38. The van der Waals surface area contributed by atoms with Crippen molar-refractivity contribution in [3.05, 3.63) is 12.3 Å². The van der Waals surface area contributed by atoms with Crippen LogP contribution in [0.1, 0.15) is 19.8 Å². The SMILES string of the molecule is CC(C1CC1)N(C)c1ccnc(NN)n1. The molecule has 5 heteroatoms. The Morgan fingerprint density at radius 3 is 2.93 bits per heavy atom.